The third kappa shape index (κ3) is 3.92. The number of carbonyl (C=O) groups is 1. The quantitative estimate of drug-likeness (QED) is 0.347. The summed E-state index contributed by atoms with van der Waals surface area (Å²) in [7, 11) is 1.65. The molecule has 0 spiro atoms. The van der Waals surface area contributed by atoms with Crippen LogP contribution in [0.25, 0.3) is 0 Å². The van der Waals surface area contributed by atoms with Gasteiger partial charge in [-0.1, -0.05) is 24.8 Å². The SMILES string of the molecule is C=CC(=O)Oc1ccc(N(c2ccccc2)c2ccc(OC)cc2)cc1. The molecule has 130 valence electrons. The van der Waals surface area contributed by atoms with E-state index in [0.717, 1.165) is 28.9 Å². The number of hydrogen-bond donors (Lipinski definition) is 0. The van der Waals surface area contributed by atoms with Crippen LogP contribution in [-0.4, -0.2) is 13.1 Å². The van der Waals surface area contributed by atoms with Crippen molar-refractivity contribution in [2.45, 2.75) is 0 Å². The van der Waals surface area contributed by atoms with Crippen molar-refractivity contribution in [1.29, 1.82) is 0 Å². The standard InChI is InChI=1S/C22H19NO3/c1-3-22(24)26-21-15-11-19(12-16-21)23(17-7-5-4-6-8-17)18-9-13-20(25-2)14-10-18/h3-16H,1H2,2H3. The summed E-state index contributed by atoms with van der Waals surface area (Å²) in [5, 5.41) is 0. The van der Waals surface area contributed by atoms with Crippen LogP contribution in [0.3, 0.4) is 0 Å². The van der Waals surface area contributed by atoms with Crippen LogP contribution in [-0.2, 0) is 4.79 Å². The Labute approximate surface area is 152 Å². The minimum absolute atomic E-state index is 0.474. The fourth-order valence-electron chi connectivity index (χ4n) is 2.58. The Morgan fingerprint density at radius 3 is 1.81 bits per heavy atom. The molecule has 0 saturated carbocycles. The predicted octanol–water partition coefficient (Wildman–Crippen LogP) is 5.26. The molecule has 0 atom stereocenters. The summed E-state index contributed by atoms with van der Waals surface area (Å²) in [4.78, 5) is 13.5. The van der Waals surface area contributed by atoms with Gasteiger partial charge in [-0.3, -0.25) is 0 Å². The van der Waals surface area contributed by atoms with E-state index >= 15 is 0 Å². The lowest BCUT2D eigenvalue weighted by Gasteiger charge is -2.25. The molecule has 0 aliphatic heterocycles. The minimum Gasteiger partial charge on any atom is -0.497 e. The van der Waals surface area contributed by atoms with Crippen LogP contribution in [0.5, 0.6) is 11.5 Å². The summed E-state index contributed by atoms with van der Waals surface area (Å²) in [6, 6.07) is 25.2. The number of para-hydroxylation sites is 1. The van der Waals surface area contributed by atoms with Crippen LogP contribution < -0.4 is 14.4 Å². The lowest BCUT2D eigenvalue weighted by molar-refractivity contribution is -0.128. The Balaban J connectivity index is 1.97. The first-order valence-electron chi connectivity index (χ1n) is 8.15. The first-order chi connectivity index (χ1) is 12.7. The fraction of sp³-hybridized carbons (Fsp3) is 0.0455. The minimum atomic E-state index is -0.479. The van der Waals surface area contributed by atoms with E-state index in [1.807, 2.05) is 66.7 Å². The van der Waals surface area contributed by atoms with E-state index in [-0.39, 0.29) is 0 Å². The van der Waals surface area contributed by atoms with Gasteiger partial charge < -0.3 is 14.4 Å². The van der Waals surface area contributed by atoms with Crippen molar-refractivity contribution in [2.75, 3.05) is 12.0 Å². The fourth-order valence-corrected chi connectivity index (χ4v) is 2.58. The average molecular weight is 345 g/mol. The van der Waals surface area contributed by atoms with Crippen molar-refractivity contribution < 1.29 is 14.3 Å². The maximum absolute atomic E-state index is 11.3. The molecule has 0 amide bonds. The molecule has 26 heavy (non-hydrogen) atoms. The number of esters is 1. The predicted molar refractivity (Wildman–Crippen MR) is 104 cm³/mol. The second kappa shape index (κ2) is 8.03. The summed E-state index contributed by atoms with van der Waals surface area (Å²) in [6.07, 6.45) is 1.14. The Hall–Kier alpha value is -3.53. The normalized spacial score (nSPS) is 10.0. The zero-order valence-electron chi connectivity index (χ0n) is 14.5. The number of hydrogen-bond acceptors (Lipinski definition) is 4. The van der Waals surface area contributed by atoms with Gasteiger partial charge in [0.05, 0.1) is 7.11 Å². The van der Waals surface area contributed by atoms with Crippen molar-refractivity contribution in [3.63, 3.8) is 0 Å². The third-order valence-corrected chi connectivity index (χ3v) is 3.83. The topological polar surface area (TPSA) is 38.8 Å². The Morgan fingerprint density at radius 2 is 1.31 bits per heavy atom. The molecule has 0 unspecified atom stereocenters. The molecule has 4 nitrogen and oxygen atoms in total. The van der Waals surface area contributed by atoms with Crippen molar-refractivity contribution >= 4 is 23.0 Å². The number of benzene rings is 3. The highest BCUT2D eigenvalue weighted by Crippen LogP contribution is 2.35. The molecule has 4 heteroatoms. The van der Waals surface area contributed by atoms with Gasteiger partial charge in [-0.05, 0) is 60.7 Å². The third-order valence-electron chi connectivity index (χ3n) is 3.83. The van der Waals surface area contributed by atoms with Crippen molar-refractivity contribution in [3.8, 4) is 11.5 Å². The second-order valence-electron chi connectivity index (χ2n) is 5.49. The van der Waals surface area contributed by atoms with E-state index in [1.54, 1.807) is 19.2 Å². The van der Waals surface area contributed by atoms with Gasteiger partial charge in [0.15, 0.2) is 0 Å². The van der Waals surface area contributed by atoms with E-state index in [1.165, 1.54) is 0 Å². The molecule has 0 heterocycles. The molecular weight excluding hydrogens is 326 g/mol. The molecule has 0 fully saturated rings. The molecule has 0 aliphatic carbocycles. The van der Waals surface area contributed by atoms with Gasteiger partial charge in [-0.25, -0.2) is 4.79 Å². The average Bonchev–Trinajstić information content (AvgIpc) is 2.71. The largest absolute Gasteiger partial charge is 0.497 e. The van der Waals surface area contributed by atoms with E-state index in [9.17, 15) is 4.79 Å². The summed E-state index contributed by atoms with van der Waals surface area (Å²) in [5.41, 5.74) is 2.96. The summed E-state index contributed by atoms with van der Waals surface area (Å²) in [5.74, 6) is 0.794. The van der Waals surface area contributed by atoms with Gasteiger partial charge >= 0.3 is 5.97 Å². The number of carbonyl (C=O) groups excluding carboxylic acids is 1. The highest BCUT2D eigenvalue weighted by molar-refractivity contribution is 5.83. The number of methoxy groups -OCH3 is 1. The Kier molecular flexibility index (Phi) is 5.34. The Morgan fingerprint density at radius 1 is 0.808 bits per heavy atom. The summed E-state index contributed by atoms with van der Waals surface area (Å²) in [6.45, 7) is 3.40. The monoisotopic (exact) mass is 345 g/mol. The van der Waals surface area contributed by atoms with Gasteiger partial charge in [0.25, 0.3) is 0 Å². The van der Waals surface area contributed by atoms with Crippen LogP contribution in [0.4, 0.5) is 17.1 Å². The number of nitrogens with zero attached hydrogens (tertiary/aromatic N) is 1. The highest BCUT2D eigenvalue weighted by Gasteiger charge is 2.12. The zero-order valence-corrected chi connectivity index (χ0v) is 14.5. The second-order valence-corrected chi connectivity index (χ2v) is 5.49. The van der Waals surface area contributed by atoms with Crippen LogP contribution in [0, 0.1) is 0 Å². The molecule has 3 aromatic rings. The summed E-state index contributed by atoms with van der Waals surface area (Å²) < 4.78 is 10.4. The van der Waals surface area contributed by atoms with Crippen molar-refractivity contribution in [1.82, 2.24) is 0 Å². The van der Waals surface area contributed by atoms with E-state index < -0.39 is 5.97 Å². The zero-order chi connectivity index (χ0) is 18.4. The highest BCUT2D eigenvalue weighted by atomic mass is 16.5. The smallest absolute Gasteiger partial charge is 0.335 e. The molecule has 0 aliphatic rings. The van der Waals surface area contributed by atoms with Gasteiger partial charge in [0.2, 0.25) is 0 Å². The molecule has 0 radical (unpaired) electrons. The lowest BCUT2D eigenvalue weighted by atomic mass is 10.2. The van der Waals surface area contributed by atoms with E-state index in [2.05, 4.69) is 11.5 Å². The van der Waals surface area contributed by atoms with Crippen LogP contribution in [0.1, 0.15) is 0 Å². The maximum Gasteiger partial charge on any atom is 0.335 e. The van der Waals surface area contributed by atoms with E-state index in [4.69, 9.17) is 9.47 Å². The van der Waals surface area contributed by atoms with E-state index in [0.29, 0.717) is 5.75 Å². The summed E-state index contributed by atoms with van der Waals surface area (Å²) >= 11 is 0. The van der Waals surface area contributed by atoms with Gasteiger partial charge in [-0.2, -0.15) is 0 Å². The molecule has 3 rings (SSSR count). The number of ether oxygens (including phenoxy) is 2. The molecule has 0 saturated heterocycles. The van der Waals surface area contributed by atoms with Crippen LogP contribution in [0.2, 0.25) is 0 Å². The van der Waals surface area contributed by atoms with Crippen molar-refractivity contribution in [2.24, 2.45) is 0 Å². The lowest BCUT2D eigenvalue weighted by Crippen LogP contribution is -2.10. The first kappa shape index (κ1) is 17.3. The van der Waals surface area contributed by atoms with Crippen LogP contribution in [0.15, 0.2) is 91.5 Å². The van der Waals surface area contributed by atoms with Crippen LogP contribution >= 0.6 is 0 Å². The van der Waals surface area contributed by atoms with Crippen molar-refractivity contribution in [3.05, 3.63) is 91.5 Å². The molecule has 0 aromatic heterocycles. The first-order valence-corrected chi connectivity index (χ1v) is 8.15. The molecule has 0 bridgehead atoms. The molecule has 3 aromatic carbocycles. The Bertz CT molecular complexity index is 872. The maximum atomic E-state index is 11.3. The molecule has 0 N–H and O–H groups in total. The van der Waals surface area contributed by atoms with Gasteiger partial charge in [-0.15, -0.1) is 0 Å². The van der Waals surface area contributed by atoms with Gasteiger partial charge in [0, 0.05) is 23.1 Å². The number of anilines is 3. The van der Waals surface area contributed by atoms with Gasteiger partial charge in [0.1, 0.15) is 11.5 Å². The number of rotatable bonds is 6. The molecular formula is C22H19NO3.